The molecule has 22 heavy (non-hydrogen) atoms. The number of hydrogen-bond donors (Lipinski definition) is 0. The van der Waals surface area contributed by atoms with Gasteiger partial charge in [0.2, 0.25) is 0 Å². The van der Waals surface area contributed by atoms with Gasteiger partial charge in [0.1, 0.15) is 5.82 Å². The molecule has 2 aromatic rings. The number of benzene rings is 2. The molecule has 116 valence electrons. The highest BCUT2D eigenvalue weighted by atomic mass is 19.1. The summed E-state index contributed by atoms with van der Waals surface area (Å²) in [5.74, 6) is -0.394. The molecule has 0 heterocycles. The molecule has 1 amide bonds. The lowest BCUT2D eigenvalue weighted by Gasteiger charge is -2.21. The van der Waals surface area contributed by atoms with Crippen molar-refractivity contribution >= 4 is 5.91 Å². The molecular weight excluding hydrogens is 277 g/mol. The maximum Gasteiger partial charge on any atom is 0.253 e. The Morgan fingerprint density at radius 3 is 2.18 bits per heavy atom. The predicted octanol–water partition coefficient (Wildman–Crippen LogP) is 4.40. The van der Waals surface area contributed by atoms with Crippen LogP contribution in [0.5, 0.6) is 0 Å². The van der Waals surface area contributed by atoms with Gasteiger partial charge in [-0.15, -0.1) is 0 Å². The third-order valence-electron chi connectivity index (χ3n) is 3.71. The summed E-state index contributed by atoms with van der Waals surface area (Å²) in [6, 6.07) is 14.1. The zero-order chi connectivity index (χ0) is 16.3. The van der Waals surface area contributed by atoms with Gasteiger partial charge in [-0.3, -0.25) is 4.79 Å². The minimum atomic E-state index is -0.287. The van der Waals surface area contributed by atoms with E-state index in [-0.39, 0.29) is 23.7 Å². The molecule has 0 fully saturated rings. The van der Waals surface area contributed by atoms with Gasteiger partial charge in [-0.2, -0.15) is 0 Å². The van der Waals surface area contributed by atoms with E-state index < -0.39 is 0 Å². The smallest absolute Gasteiger partial charge is 0.253 e. The number of nitrogens with zero attached hydrogens (tertiary/aromatic N) is 1. The fourth-order valence-electron chi connectivity index (χ4n) is 2.29. The third-order valence-corrected chi connectivity index (χ3v) is 3.71. The van der Waals surface area contributed by atoms with Gasteiger partial charge in [-0.05, 0) is 29.2 Å². The second-order valence-electron chi connectivity index (χ2n) is 6.58. The zero-order valence-electron chi connectivity index (χ0n) is 13.6. The summed E-state index contributed by atoms with van der Waals surface area (Å²) in [4.78, 5) is 14.0. The van der Waals surface area contributed by atoms with Gasteiger partial charge >= 0.3 is 0 Å². The van der Waals surface area contributed by atoms with Crippen molar-refractivity contribution in [3.8, 4) is 0 Å². The summed E-state index contributed by atoms with van der Waals surface area (Å²) in [6.07, 6.45) is 0. The molecule has 0 aromatic heterocycles. The molecule has 0 saturated carbocycles. The average molecular weight is 299 g/mol. The van der Waals surface area contributed by atoms with Crippen molar-refractivity contribution < 1.29 is 9.18 Å². The first-order valence-corrected chi connectivity index (χ1v) is 7.38. The van der Waals surface area contributed by atoms with Crippen molar-refractivity contribution in [2.45, 2.75) is 32.7 Å². The molecule has 0 saturated heterocycles. The minimum Gasteiger partial charge on any atom is -0.337 e. The second kappa shape index (κ2) is 6.30. The number of halogens is 1. The molecule has 0 spiro atoms. The lowest BCUT2D eigenvalue weighted by Crippen LogP contribution is -2.26. The molecule has 2 rings (SSSR count). The molecule has 0 atom stereocenters. The summed E-state index contributed by atoms with van der Waals surface area (Å²) >= 11 is 0. The topological polar surface area (TPSA) is 20.3 Å². The van der Waals surface area contributed by atoms with Crippen molar-refractivity contribution in [3.05, 3.63) is 71.0 Å². The number of rotatable bonds is 3. The molecule has 0 unspecified atom stereocenters. The molecule has 0 N–H and O–H groups in total. The van der Waals surface area contributed by atoms with Crippen LogP contribution in [-0.4, -0.2) is 17.9 Å². The van der Waals surface area contributed by atoms with Crippen LogP contribution in [0, 0.1) is 5.82 Å². The van der Waals surface area contributed by atoms with E-state index in [1.54, 1.807) is 25.2 Å². The van der Waals surface area contributed by atoms with Crippen LogP contribution >= 0.6 is 0 Å². The van der Waals surface area contributed by atoms with E-state index in [1.165, 1.54) is 16.5 Å². The molecule has 0 bridgehead atoms. The Morgan fingerprint density at radius 2 is 1.64 bits per heavy atom. The van der Waals surface area contributed by atoms with E-state index in [0.29, 0.717) is 11.1 Å². The van der Waals surface area contributed by atoms with Crippen LogP contribution in [0.15, 0.2) is 48.5 Å². The third kappa shape index (κ3) is 3.73. The van der Waals surface area contributed by atoms with E-state index in [1.807, 2.05) is 24.3 Å². The summed E-state index contributed by atoms with van der Waals surface area (Å²) in [5, 5.41) is 0. The van der Waals surface area contributed by atoms with Crippen LogP contribution in [0.4, 0.5) is 4.39 Å². The first-order chi connectivity index (χ1) is 10.3. The van der Waals surface area contributed by atoms with Crippen molar-refractivity contribution in [1.82, 2.24) is 4.90 Å². The van der Waals surface area contributed by atoms with Gasteiger partial charge in [-0.1, -0.05) is 51.1 Å². The van der Waals surface area contributed by atoms with Crippen molar-refractivity contribution in [3.63, 3.8) is 0 Å². The SMILES string of the molecule is CN(Cc1ccccc1F)C(=O)c1ccc(C(C)(C)C)cc1. The van der Waals surface area contributed by atoms with Gasteiger partial charge in [0.15, 0.2) is 0 Å². The standard InChI is InChI=1S/C19H22FNO/c1-19(2,3)16-11-9-14(10-12-16)18(22)21(4)13-15-7-5-6-8-17(15)20/h5-12H,13H2,1-4H3. The molecule has 0 aliphatic carbocycles. The van der Waals surface area contributed by atoms with Crippen molar-refractivity contribution in [1.29, 1.82) is 0 Å². The Bertz CT molecular complexity index is 656. The minimum absolute atomic E-state index is 0.0562. The van der Waals surface area contributed by atoms with Crippen LogP contribution in [0.1, 0.15) is 42.3 Å². The van der Waals surface area contributed by atoms with Gasteiger partial charge < -0.3 is 4.90 Å². The summed E-state index contributed by atoms with van der Waals surface area (Å²) in [7, 11) is 1.69. The second-order valence-corrected chi connectivity index (χ2v) is 6.58. The van der Waals surface area contributed by atoms with Gasteiger partial charge in [0.05, 0.1) is 0 Å². The van der Waals surface area contributed by atoms with E-state index in [2.05, 4.69) is 20.8 Å². The monoisotopic (exact) mass is 299 g/mol. The van der Waals surface area contributed by atoms with E-state index in [9.17, 15) is 9.18 Å². The fraction of sp³-hybridized carbons (Fsp3) is 0.316. The van der Waals surface area contributed by atoms with Gasteiger partial charge in [-0.25, -0.2) is 4.39 Å². The summed E-state index contributed by atoms with van der Waals surface area (Å²) < 4.78 is 13.7. The Morgan fingerprint density at radius 1 is 1.05 bits per heavy atom. The Labute approximate surface area is 131 Å². The lowest BCUT2D eigenvalue weighted by atomic mass is 9.86. The normalized spacial score (nSPS) is 11.3. The first kappa shape index (κ1) is 16.2. The zero-order valence-corrected chi connectivity index (χ0v) is 13.6. The highest BCUT2D eigenvalue weighted by Crippen LogP contribution is 2.22. The van der Waals surface area contributed by atoms with Crippen LogP contribution in [0.25, 0.3) is 0 Å². The number of hydrogen-bond acceptors (Lipinski definition) is 1. The van der Waals surface area contributed by atoms with Gasteiger partial charge in [0.25, 0.3) is 5.91 Å². The summed E-state index contributed by atoms with van der Waals surface area (Å²) in [5.41, 5.74) is 2.37. The molecule has 3 heteroatoms. The average Bonchev–Trinajstić information content (AvgIpc) is 2.48. The number of amides is 1. The van der Waals surface area contributed by atoms with Crippen LogP contribution in [0.3, 0.4) is 0 Å². The Balaban J connectivity index is 2.12. The quantitative estimate of drug-likeness (QED) is 0.823. The number of carbonyl (C=O) groups excluding carboxylic acids is 1. The Kier molecular flexibility index (Phi) is 4.65. The lowest BCUT2D eigenvalue weighted by molar-refractivity contribution is 0.0784. The van der Waals surface area contributed by atoms with Crippen LogP contribution in [0.2, 0.25) is 0 Å². The first-order valence-electron chi connectivity index (χ1n) is 7.38. The maximum absolute atomic E-state index is 13.7. The number of carbonyl (C=O) groups is 1. The van der Waals surface area contributed by atoms with Crippen LogP contribution in [-0.2, 0) is 12.0 Å². The van der Waals surface area contributed by atoms with E-state index >= 15 is 0 Å². The fourth-order valence-corrected chi connectivity index (χ4v) is 2.29. The highest BCUT2D eigenvalue weighted by molar-refractivity contribution is 5.94. The highest BCUT2D eigenvalue weighted by Gasteiger charge is 2.16. The van der Waals surface area contributed by atoms with E-state index in [0.717, 1.165) is 0 Å². The van der Waals surface area contributed by atoms with Crippen molar-refractivity contribution in [2.75, 3.05) is 7.05 Å². The molecule has 2 aromatic carbocycles. The molecule has 0 radical (unpaired) electrons. The predicted molar refractivity (Wildman–Crippen MR) is 87.3 cm³/mol. The van der Waals surface area contributed by atoms with Crippen molar-refractivity contribution in [2.24, 2.45) is 0 Å². The summed E-state index contributed by atoms with van der Waals surface area (Å²) in [6.45, 7) is 6.66. The molecular formula is C19H22FNO. The molecule has 2 nitrogen and oxygen atoms in total. The largest absolute Gasteiger partial charge is 0.337 e. The van der Waals surface area contributed by atoms with Gasteiger partial charge in [0, 0.05) is 24.7 Å². The molecule has 0 aliphatic heterocycles. The van der Waals surface area contributed by atoms with E-state index in [4.69, 9.17) is 0 Å². The molecule has 0 aliphatic rings. The maximum atomic E-state index is 13.7. The van der Waals surface area contributed by atoms with Crippen LogP contribution < -0.4 is 0 Å². The Hall–Kier alpha value is -2.16.